The first-order valence-corrected chi connectivity index (χ1v) is 8.62. The van der Waals surface area contributed by atoms with Crippen LogP contribution in [0.1, 0.15) is 0 Å². The lowest BCUT2D eigenvalue weighted by atomic mass is 10.1. The number of pyridine rings is 1. The van der Waals surface area contributed by atoms with E-state index < -0.39 is 0 Å². The van der Waals surface area contributed by atoms with Crippen molar-refractivity contribution in [3.63, 3.8) is 0 Å². The number of nitrogens with zero attached hydrogens (tertiary/aromatic N) is 4. The van der Waals surface area contributed by atoms with E-state index in [0.29, 0.717) is 11.6 Å². The second-order valence-electron chi connectivity index (χ2n) is 6.17. The first-order chi connectivity index (χ1) is 13.8. The van der Waals surface area contributed by atoms with Crippen molar-refractivity contribution in [2.24, 2.45) is 0 Å². The Morgan fingerprint density at radius 2 is 1.79 bits per heavy atom. The maximum absolute atomic E-state index is 12.5. The number of rotatable bonds is 3. The van der Waals surface area contributed by atoms with Gasteiger partial charge in [0.25, 0.3) is 11.4 Å². The molecule has 0 saturated heterocycles. The second kappa shape index (κ2) is 6.55. The number of aromatic nitrogens is 5. The third-order valence-electron chi connectivity index (χ3n) is 4.36. The lowest BCUT2D eigenvalue weighted by molar-refractivity contribution is 0.431. The zero-order valence-electron chi connectivity index (χ0n) is 14.5. The maximum atomic E-state index is 12.5. The maximum Gasteiger partial charge on any atom is 0.265 e. The third kappa shape index (κ3) is 2.84. The van der Waals surface area contributed by atoms with Crippen molar-refractivity contribution in [3.05, 3.63) is 83.4 Å². The van der Waals surface area contributed by atoms with Gasteiger partial charge in [-0.05, 0) is 24.3 Å². The van der Waals surface area contributed by atoms with Crippen molar-refractivity contribution in [2.45, 2.75) is 0 Å². The summed E-state index contributed by atoms with van der Waals surface area (Å²) >= 11 is 0. The lowest BCUT2D eigenvalue weighted by Gasteiger charge is -2.00. The molecule has 2 aromatic carbocycles. The van der Waals surface area contributed by atoms with Gasteiger partial charge in [-0.2, -0.15) is 4.98 Å². The van der Waals surface area contributed by atoms with E-state index in [1.165, 1.54) is 6.20 Å². The number of benzene rings is 2. The molecule has 0 unspecified atom stereocenters. The summed E-state index contributed by atoms with van der Waals surface area (Å²) in [5.41, 5.74) is 2.36. The van der Waals surface area contributed by atoms with Gasteiger partial charge in [-0.3, -0.25) is 9.78 Å². The Balaban J connectivity index is 1.51. The van der Waals surface area contributed by atoms with Crippen LogP contribution in [0, 0.1) is 0 Å². The van der Waals surface area contributed by atoms with Gasteiger partial charge in [0.05, 0.1) is 5.52 Å². The molecule has 0 aliphatic carbocycles. The molecule has 3 aromatic heterocycles. The minimum Gasteiger partial charge on any atom is -0.333 e. The summed E-state index contributed by atoms with van der Waals surface area (Å²) in [6.07, 6.45) is 3.19. The highest BCUT2D eigenvalue weighted by atomic mass is 16.5. The Morgan fingerprint density at radius 1 is 0.893 bits per heavy atom. The fraction of sp³-hybridized carbons (Fsp3) is 0. The van der Waals surface area contributed by atoms with Gasteiger partial charge in [0.2, 0.25) is 5.82 Å². The average Bonchev–Trinajstić information content (AvgIpc) is 3.24. The van der Waals surface area contributed by atoms with Crippen LogP contribution in [0.3, 0.4) is 0 Å². The highest BCUT2D eigenvalue weighted by Gasteiger charge is 2.15. The molecule has 134 valence electrons. The zero-order valence-corrected chi connectivity index (χ0v) is 14.5. The van der Waals surface area contributed by atoms with Gasteiger partial charge >= 0.3 is 0 Å². The summed E-state index contributed by atoms with van der Waals surface area (Å²) in [5, 5.41) is 4.97. The van der Waals surface area contributed by atoms with Crippen LogP contribution in [-0.4, -0.2) is 25.1 Å². The number of fused-ring (bicyclic) bond motifs is 1. The Labute approximate surface area is 158 Å². The molecule has 3 heterocycles. The molecule has 28 heavy (non-hydrogen) atoms. The minimum atomic E-state index is -0.341. The van der Waals surface area contributed by atoms with Crippen LogP contribution < -0.4 is 5.56 Å². The summed E-state index contributed by atoms with van der Waals surface area (Å²) in [4.78, 5) is 28.2. The van der Waals surface area contributed by atoms with Crippen LogP contribution >= 0.6 is 0 Å². The molecular formula is C21H13N5O2. The fourth-order valence-electron chi connectivity index (χ4n) is 2.95. The lowest BCUT2D eigenvalue weighted by Crippen LogP contribution is -2.11. The number of nitrogens with one attached hydrogen (secondary N) is 1. The largest absolute Gasteiger partial charge is 0.333 e. The summed E-state index contributed by atoms with van der Waals surface area (Å²) in [5.74, 6) is 0.998. The Hall–Kier alpha value is -4.13. The quantitative estimate of drug-likeness (QED) is 0.522. The molecule has 5 rings (SSSR count). The molecule has 0 radical (unpaired) electrons. The molecule has 0 amide bonds. The Kier molecular flexibility index (Phi) is 3.76. The topological polar surface area (TPSA) is 97.6 Å². The predicted octanol–water partition coefficient (Wildman–Crippen LogP) is 3.70. The Morgan fingerprint density at radius 3 is 2.64 bits per heavy atom. The Bertz CT molecular complexity index is 1340. The van der Waals surface area contributed by atoms with Crippen LogP contribution in [-0.2, 0) is 0 Å². The van der Waals surface area contributed by atoms with Crippen molar-refractivity contribution < 1.29 is 4.52 Å². The van der Waals surface area contributed by atoms with Crippen molar-refractivity contribution >= 4 is 10.9 Å². The van der Waals surface area contributed by atoms with Crippen molar-refractivity contribution in [2.75, 3.05) is 0 Å². The molecule has 5 aromatic rings. The summed E-state index contributed by atoms with van der Waals surface area (Å²) in [6, 6.07) is 18.9. The first-order valence-electron chi connectivity index (χ1n) is 8.62. The van der Waals surface area contributed by atoms with E-state index in [1.54, 1.807) is 6.20 Å². The fourth-order valence-corrected chi connectivity index (χ4v) is 2.95. The molecule has 0 bridgehead atoms. The molecular weight excluding hydrogens is 354 g/mol. The number of aromatic amines is 1. The van der Waals surface area contributed by atoms with Crippen molar-refractivity contribution in [3.8, 4) is 34.2 Å². The summed E-state index contributed by atoms with van der Waals surface area (Å²) in [6.45, 7) is 0. The van der Waals surface area contributed by atoms with Gasteiger partial charge in [-0.25, -0.2) is 4.98 Å². The third-order valence-corrected chi connectivity index (χ3v) is 4.36. The van der Waals surface area contributed by atoms with Gasteiger partial charge < -0.3 is 9.51 Å². The van der Waals surface area contributed by atoms with Crippen LogP contribution in [0.15, 0.2) is 82.4 Å². The van der Waals surface area contributed by atoms with Gasteiger partial charge in [0, 0.05) is 28.9 Å². The van der Waals surface area contributed by atoms with E-state index in [1.807, 2.05) is 60.7 Å². The standard InChI is InChI=1S/C21H13N5O2/c27-20-16(12-23-18(24-20)13-5-2-1-3-6-13)21-25-19(26-28-21)15-8-9-17-14(11-15)7-4-10-22-17/h1-12H,(H,23,24,27). The number of H-pyrrole nitrogens is 1. The molecule has 0 atom stereocenters. The monoisotopic (exact) mass is 367 g/mol. The van der Waals surface area contributed by atoms with Gasteiger partial charge in [-0.15, -0.1) is 0 Å². The van der Waals surface area contributed by atoms with Crippen molar-refractivity contribution in [1.29, 1.82) is 0 Å². The van der Waals surface area contributed by atoms with E-state index >= 15 is 0 Å². The molecule has 7 nitrogen and oxygen atoms in total. The molecule has 1 N–H and O–H groups in total. The number of hydrogen-bond acceptors (Lipinski definition) is 6. The zero-order chi connectivity index (χ0) is 18.9. The minimum absolute atomic E-state index is 0.120. The molecule has 0 spiro atoms. The van der Waals surface area contributed by atoms with Crippen molar-refractivity contribution in [1.82, 2.24) is 25.1 Å². The molecule has 7 heteroatoms. The van der Waals surface area contributed by atoms with Crippen LogP contribution in [0.25, 0.3) is 45.1 Å². The highest BCUT2D eigenvalue weighted by molar-refractivity contribution is 5.83. The van der Waals surface area contributed by atoms with Crippen LogP contribution in [0.4, 0.5) is 0 Å². The van der Waals surface area contributed by atoms with E-state index in [2.05, 4.69) is 25.1 Å². The molecule has 0 fully saturated rings. The van der Waals surface area contributed by atoms with Crippen LogP contribution in [0.5, 0.6) is 0 Å². The van der Waals surface area contributed by atoms with E-state index in [0.717, 1.165) is 22.0 Å². The van der Waals surface area contributed by atoms with Crippen LogP contribution in [0.2, 0.25) is 0 Å². The summed E-state index contributed by atoms with van der Waals surface area (Å²) in [7, 11) is 0. The van der Waals surface area contributed by atoms with Gasteiger partial charge in [-0.1, -0.05) is 41.6 Å². The predicted molar refractivity (Wildman–Crippen MR) is 104 cm³/mol. The SMILES string of the molecule is O=c1[nH]c(-c2ccccc2)ncc1-c1nc(-c2ccc3ncccc3c2)no1. The van der Waals surface area contributed by atoms with E-state index in [9.17, 15) is 4.79 Å². The van der Waals surface area contributed by atoms with E-state index in [-0.39, 0.29) is 17.0 Å². The number of hydrogen-bond donors (Lipinski definition) is 1. The second-order valence-corrected chi connectivity index (χ2v) is 6.17. The van der Waals surface area contributed by atoms with E-state index in [4.69, 9.17) is 4.52 Å². The van der Waals surface area contributed by atoms with Gasteiger partial charge in [0.15, 0.2) is 0 Å². The average molecular weight is 367 g/mol. The molecule has 0 aliphatic heterocycles. The first kappa shape index (κ1) is 16.1. The normalized spacial score (nSPS) is 11.0. The highest BCUT2D eigenvalue weighted by Crippen LogP contribution is 2.23. The molecule has 0 aliphatic rings. The van der Waals surface area contributed by atoms with Gasteiger partial charge in [0.1, 0.15) is 11.4 Å². The smallest absolute Gasteiger partial charge is 0.265 e. The summed E-state index contributed by atoms with van der Waals surface area (Å²) < 4.78 is 5.31. The molecule has 0 saturated carbocycles.